The van der Waals surface area contributed by atoms with Gasteiger partial charge in [0.25, 0.3) is 0 Å². The molecule has 6 nitrogen and oxygen atoms in total. The molecule has 32 heavy (non-hydrogen) atoms. The van der Waals surface area contributed by atoms with Crippen LogP contribution in [-0.4, -0.2) is 68.7 Å². The number of hydrogen-bond acceptors (Lipinski definition) is 4. The maximum atomic E-state index is 5.83. The molecule has 1 aliphatic rings. The Bertz CT molecular complexity index is 821. The SMILES string of the molecule is CN=C(NCCCCN1CCN(c2cccc(C)c2)CC1)NCCc1ccc(Cl)nc1.I. The summed E-state index contributed by atoms with van der Waals surface area (Å²) in [7, 11) is 1.81. The highest BCUT2D eigenvalue weighted by atomic mass is 127. The van der Waals surface area contributed by atoms with Crippen molar-refractivity contribution in [2.24, 2.45) is 4.99 Å². The van der Waals surface area contributed by atoms with Crippen molar-refractivity contribution in [3.63, 3.8) is 0 Å². The van der Waals surface area contributed by atoms with E-state index in [2.05, 4.69) is 61.6 Å². The number of pyridine rings is 1. The van der Waals surface area contributed by atoms with Gasteiger partial charge in [-0.05, 0) is 62.1 Å². The van der Waals surface area contributed by atoms with Crippen molar-refractivity contribution in [3.05, 3.63) is 58.9 Å². The van der Waals surface area contributed by atoms with Gasteiger partial charge in [0, 0.05) is 58.2 Å². The lowest BCUT2D eigenvalue weighted by atomic mass is 10.2. The minimum Gasteiger partial charge on any atom is -0.369 e. The molecule has 1 fully saturated rings. The number of hydrogen-bond donors (Lipinski definition) is 2. The van der Waals surface area contributed by atoms with Crippen LogP contribution < -0.4 is 15.5 Å². The maximum absolute atomic E-state index is 5.83. The Morgan fingerprint density at radius 1 is 1.06 bits per heavy atom. The molecule has 2 heterocycles. The van der Waals surface area contributed by atoms with Crippen LogP contribution >= 0.6 is 35.6 Å². The third kappa shape index (κ3) is 9.11. The number of halogens is 2. The smallest absolute Gasteiger partial charge is 0.190 e. The van der Waals surface area contributed by atoms with E-state index in [0.29, 0.717) is 5.15 Å². The molecular weight excluding hydrogens is 535 g/mol. The molecule has 3 rings (SSSR count). The Balaban J connectivity index is 0.00000363. The lowest BCUT2D eigenvalue weighted by molar-refractivity contribution is 0.253. The first kappa shape index (κ1) is 26.7. The third-order valence-electron chi connectivity index (χ3n) is 5.65. The van der Waals surface area contributed by atoms with Gasteiger partial charge in [-0.15, -0.1) is 24.0 Å². The zero-order valence-corrected chi connectivity index (χ0v) is 22.3. The van der Waals surface area contributed by atoms with Crippen LogP contribution in [-0.2, 0) is 6.42 Å². The first-order chi connectivity index (χ1) is 15.1. The summed E-state index contributed by atoms with van der Waals surface area (Å²) in [5.74, 6) is 0.855. The topological polar surface area (TPSA) is 55.8 Å². The lowest BCUT2D eigenvalue weighted by Gasteiger charge is -2.36. The van der Waals surface area contributed by atoms with E-state index in [-0.39, 0.29) is 24.0 Å². The summed E-state index contributed by atoms with van der Waals surface area (Å²) in [6.45, 7) is 9.59. The van der Waals surface area contributed by atoms with Gasteiger partial charge in [-0.3, -0.25) is 9.89 Å². The summed E-state index contributed by atoms with van der Waals surface area (Å²) in [5.41, 5.74) is 3.85. The van der Waals surface area contributed by atoms with Crippen LogP contribution in [0.4, 0.5) is 5.69 Å². The Morgan fingerprint density at radius 3 is 2.53 bits per heavy atom. The van der Waals surface area contributed by atoms with Crippen molar-refractivity contribution in [1.82, 2.24) is 20.5 Å². The van der Waals surface area contributed by atoms with E-state index < -0.39 is 0 Å². The van der Waals surface area contributed by atoms with Crippen molar-refractivity contribution < 1.29 is 0 Å². The van der Waals surface area contributed by atoms with Crippen molar-refractivity contribution in [2.75, 3.05) is 57.8 Å². The highest BCUT2D eigenvalue weighted by Crippen LogP contribution is 2.17. The standard InChI is InChI=1S/C24H35ClN6.HI/c1-20-6-5-7-22(18-20)31-16-14-30(15-17-31)13-4-3-11-27-24(26-2)28-12-10-21-8-9-23(25)29-19-21;/h5-9,18-19H,3-4,10-17H2,1-2H3,(H2,26,27,28);1H. The molecule has 1 aromatic heterocycles. The molecule has 0 radical (unpaired) electrons. The molecule has 2 aromatic rings. The quantitative estimate of drug-likeness (QED) is 0.157. The van der Waals surface area contributed by atoms with Gasteiger partial charge >= 0.3 is 0 Å². The fraction of sp³-hybridized carbons (Fsp3) is 0.500. The highest BCUT2D eigenvalue weighted by molar-refractivity contribution is 14.0. The number of guanidine groups is 1. The van der Waals surface area contributed by atoms with Gasteiger partial charge in [-0.25, -0.2) is 4.98 Å². The largest absolute Gasteiger partial charge is 0.369 e. The van der Waals surface area contributed by atoms with Crippen LogP contribution in [0.3, 0.4) is 0 Å². The summed E-state index contributed by atoms with van der Waals surface area (Å²) in [6, 6.07) is 12.7. The van der Waals surface area contributed by atoms with Crippen LogP contribution in [0.2, 0.25) is 5.15 Å². The Labute approximate surface area is 214 Å². The molecule has 0 bridgehead atoms. The first-order valence-electron chi connectivity index (χ1n) is 11.2. The van der Waals surface area contributed by atoms with Crippen LogP contribution in [0, 0.1) is 6.92 Å². The molecule has 0 amide bonds. The number of anilines is 1. The molecule has 1 aromatic carbocycles. The predicted octanol–water partition coefficient (Wildman–Crippen LogP) is 3.97. The fourth-order valence-electron chi connectivity index (χ4n) is 3.82. The molecule has 2 N–H and O–H groups in total. The van der Waals surface area contributed by atoms with E-state index in [9.17, 15) is 0 Å². The Kier molecular flexibility index (Phi) is 12.1. The number of rotatable bonds is 9. The van der Waals surface area contributed by atoms with E-state index in [1.54, 1.807) is 0 Å². The Hall–Kier alpha value is -1.58. The number of unbranched alkanes of at least 4 members (excludes halogenated alkanes) is 1. The van der Waals surface area contributed by atoms with Crippen molar-refractivity contribution in [3.8, 4) is 0 Å². The number of benzene rings is 1. The molecule has 0 aliphatic carbocycles. The average molecular weight is 571 g/mol. The maximum Gasteiger partial charge on any atom is 0.190 e. The van der Waals surface area contributed by atoms with E-state index in [4.69, 9.17) is 11.6 Å². The number of nitrogens with one attached hydrogen (secondary N) is 2. The van der Waals surface area contributed by atoms with Crippen molar-refractivity contribution in [2.45, 2.75) is 26.2 Å². The minimum absolute atomic E-state index is 0. The average Bonchev–Trinajstić information content (AvgIpc) is 2.79. The molecule has 1 aliphatic heterocycles. The number of piperazine rings is 1. The molecular formula is C24H36ClIN6. The zero-order valence-electron chi connectivity index (χ0n) is 19.2. The number of aromatic nitrogens is 1. The van der Waals surface area contributed by atoms with Crippen LogP contribution in [0.15, 0.2) is 47.6 Å². The van der Waals surface area contributed by atoms with Gasteiger partial charge in [0.2, 0.25) is 0 Å². The second kappa shape index (κ2) is 14.5. The Morgan fingerprint density at radius 2 is 1.84 bits per heavy atom. The van der Waals surface area contributed by atoms with Crippen molar-refractivity contribution >= 4 is 47.2 Å². The second-order valence-electron chi connectivity index (χ2n) is 8.04. The van der Waals surface area contributed by atoms with Gasteiger partial charge in [0.05, 0.1) is 0 Å². The highest BCUT2D eigenvalue weighted by Gasteiger charge is 2.16. The normalized spacial score (nSPS) is 14.7. The van der Waals surface area contributed by atoms with E-state index in [1.165, 1.54) is 24.2 Å². The van der Waals surface area contributed by atoms with Crippen LogP contribution in [0.25, 0.3) is 0 Å². The molecule has 176 valence electrons. The van der Waals surface area contributed by atoms with E-state index in [0.717, 1.165) is 63.6 Å². The van der Waals surface area contributed by atoms with Gasteiger partial charge in [0.1, 0.15) is 5.15 Å². The van der Waals surface area contributed by atoms with Crippen LogP contribution in [0.5, 0.6) is 0 Å². The summed E-state index contributed by atoms with van der Waals surface area (Å²) >= 11 is 5.83. The molecule has 0 atom stereocenters. The van der Waals surface area contributed by atoms with Crippen molar-refractivity contribution in [1.29, 1.82) is 0 Å². The molecule has 1 saturated heterocycles. The molecule has 8 heteroatoms. The minimum atomic E-state index is 0. The summed E-state index contributed by atoms with van der Waals surface area (Å²) in [5, 5.41) is 7.30. The first-order valence-corrected chi connectivity index (χ1v) is 11.6. The van der Waals surface area contributed by atoms with Gasteiger partial charge in [-0.1, -0.05) is 29.8 Å². The monoisotopic (exact) mass is 570 g/mol. The molecule has 0 unspecified atom stereocenters. The number of aryl methyl sites for hydroxylation is 1. The fourth-order valence-corrected chi connectivity index (χ4v) is 3.93. The van der Waals surface area contributed by atoms with Gasteiger partial charge in [-0.2, -0.15) is 0 Å². The van der Waals surface area contributed by atoms with E-state index >= 15 is 0 Å². The third-order valence-corrected chi connectivity index (χ3v) is 5.87. The van der Waals surface area contributed by atoms with Gasteiger partial charge in [0.15, 0.2) is 5.96 Å². The second-order valence-corrected chi connectivity index (χ2v) is 8.43. The lowest BCUT2D eigenvalue weighted by Crippen LogP contribution is -2.46. The van der Waals surface area contributed by atoms with E-state index in [1.807, 2.05) is 25.4 Å². The van der Waals surface area contributed by atoms with Gasteiger partial charge < -0.3 is 15.5 Å². The number of nitrogens with zero attached hydrogens (tertiary/aromatic N) is 4. The molecule has 0 spiro atoms. The number of aliphatic imine (C=N–C) groups is 1. The summed E-state index contributed by atoms with van der Waals surface area (Å²) in [6.07, 6.45) is 5.05. The molecule has 0 saturated carbocycles. The summed E-state index contributed by atoms with van der Waals surface area (Å²) in [4.78, 5) is 13.5. The zero-order chi connectivity index (χ0) is 21.9. The van der Waals surface area contributed by atoms with Crippen LogP contribution in [0.1, 0.15) is 24.0 Å². The summed E-state index contributed by atoms with van der Waals surface area (Å²) < 4.78 is 0. The predicted molar refractivity (Wildman–Crippen MR) is 147 cm³/mol.